The fourth-order valence-electron chi connectivity index (χ4n) is 11.8. The van der Waals surface area contributed by atoms with Crippen LogP contribution in [0.1, 0.15) is 177 Å². The van der Waals surface area contributed by atoms with Crippen LogP contribution < -0.4 is 25.5 Å². The standard InChI is InChI=1S/C64H76BN3S/c1-58(2,3)39-22-20-38(21-23-39)44-32-41(60(7,8)9)26-30-49(44)68-50-35-47-46(63(16,17)37-64(47,18)19)34-48(50)65-54-51(68)36-53(62(13,14)15)66-57(54)67(43-28-24-40(25-29-43)59(4,5)6)55-45-33-42(61(10,11)12)27-31-52(45)69-56(55)65/h20-36H,37H2,1-19H3. The van der Waals surface area contributed by atoms with E-state index < -0.39 is 0 Å². The molecule has 4 heterocycles. The van der Waals surface area contributed by atoms with E-state index >= 15 is 0 Å². The summed E-state index contributed by atoms with van der Waals surface area (Å²) in [5.41, 5.74) is 20.5. The lowest BCUT2D eigenvalue weighted by atomic mass is 9.36. The van der Waals surface area contributed by atoms with E-state index in [2.05, 4.69) is 244 Å². The zero-order valence-electron chi connectivity index (χ0n) is 45.3. The highest BCUT2D eigenvalue weighted by Gasteiger charge is 2.50. The smallest absolute Gasteiger partial charge is 0.266 e. The van der Waals surface area contributed by atoms with E-state index in [9.17, 15) is 0 Å². The van der Waals surface area contributed by atoms with Crippen molar-refractivity contribution in [1.29, 1.82) is 0 Å². The number of rotatable bonds is 3. The zero-order valence-corrected chi connectivity index (χ0v) is 46.2. The summed E-state index contributed by atoms with van der Waals surface area (Å²) in [5, 5.41) is 1.31. The quantitative estimate of drug-likeness (QED) is 0.165. The monoisotopic (exact) mass is 930 g/mol. The van der Waals surface area contributed by atoms with E-state index in [-0.39, 0.29) is 44.6 Å². The van der Waals surface area contributed by atoms with Crippen LogP contribution in [-0.2, 0) is 37.9 Å². The lowest BCUT2D eigenvalue weighted by molar-refractivity contribution is 0.403. The van der Waals surface area contributed by atoms with Crippen molar-refractivity contribution in [3.63, 3.8) is 0 Å². The molecular weight excluding hydrogens is 854 g/mol. The molecule has 0 saturated carbocycles. The van der Waals surface area contributed by atoms with Gasteiger partial charge in [0.05, 0.1) is 17.1 Å². The van der Waals surface area contributed by atoms with E-state index in [1.165, 1.54) is 93.0 Å². The maximum Gasteiger partial charge on any atom is 0.266 e. The molecule has 69 heavy (non-hydrogen) atoms. The average Bonchev–Trinajstić information content (AvgIpc) is 3.70. The van der Waals surface area contributed by atoms with Crippen molar-refractivity contribution in [2.24, 2.45) is 0 Å². The summed E-state index contributed by atoms with van der Waals surface area (Å²) in [5.74, 6) is 1.04. The van der Waals surface area contributed by atoms with Crippen molar-refractivity contribution in [3.8, 4) is 11.1 Å². The summed E-state index contributed by atoms with van der Waals surface area (Å²) in [6.45, 7) is 44.7. The third-order valence-electron chi connectivity index (χ3n) is 15.8. The van der Waals surface area contributed by atoms with Crippen LogP contribution in [0.25, 0.3) is 21.2 Å². The molecule has 356 valence electrons. The molecule has 0 fully saturated rings. The molecule has 3 aliphatic rings. The second-order valence-electron chi connectivity index (χ2n) is 27.4. The number of benzene rings is 5. The third-order valence-corrected chi connectivity index (χ3v) is 17.0. The molecule has 2 aromatic heterocycles. The molecular formula is C64H76BN3S. The fourth-order valence-corrected chi connectivity index (χ4v) is 13.1. The summed E-state index contributed by atoms with van der Waals surface area (Å²) >= 11 is 1.99. The molecule has 0 unspecified atom stereocenters. The molecule has 7 aromatic rings. The molecule has 3 nitrogen and oxygen atoms in total. The van der Waals surface area contributed by atoms with Gasteiger partial charge in [-0.2, -0.15) is 0 Å². The summed E-state index contributed by atoms with van der Waals surface area (Å²) < 4.78 is 2.71. The normalized spacial score (nSPS) is 16.4. The van der Waals surface area contributed by atoms with Gasteiger partial charge < -0.3 is 4.90 Å². The molecule has 5 heteroatoms. The van der Waals surface area contributed by atoms with Gasteiger partial charge in [-0.3, -0.25) is 4.90 Å². The number of aromatic nitrogens is 1. The highest BCUT2D eigenvalue weighted by atomic mass is 32.1. The lowest BCUT2D eigenvalue weighted by Crippen LogP contribution is -2.61. The first-order chi connectivity index (χ1) is 31.8. The topological polar surface area (TPSA) is 19.4 Å². The maximum atomic E-state index is 5.95. The largest absolute Gasteiger partial charge is 0.311 e. The molecule has 0 radical (unpaired) electrons. The Balaban J connectivity index is 1.37. The minimum absolute atomic E-state index is 0.0101. The second kappa shape index (κ2) is 15.2. The summed E-state index contributed by atoms with van der Waals surface area (Å²) in [6, 6.07) is 41.2. The Hall–Kier alpha value is -5.13. The molecule has 0 bridgehead atoms. The molecule has 0 N–H and O–H groups in total. The Morgan fingerprint density at radius 3 is 1.59 bits per heavy atom. The van der Waals surface area contributed by atoms with E-state index in [1.807, 2.05) is 11.3 Å². The number of nitrogens with zero attached hydrogens (tertiary/aromatic N) is 3. The summed E-state index contributed by atoms with van der Waals surface area (Å²) in [4.78, 5) is 11.2. The van der Waals surface area contributed by atoms with Crippen LogP contribution in [0, 0.1) is 0 Å². The SMILES string of the molecule is CC(C)(C)c1ccc(-c2cc(C(C)(C)C)ccc2N2c3cc4c(cc3B3c5sc6ccc(C(C)(C)C)cc6c5N(c5ccc(C(C)(C)C)cc5)c5nc(C(C)(C)C)cc2c53)C(C)(C)CC4(C)C)cc1. The van der Waals surface area contributed by atoms with Gasteiger partial charge in [0.15, 0.2) is 0 Å². The predicted molar refractivity (Wildman–Crippen MR) is 303 cm³/mol. The Morgan fingerprint density at radius 2 is 1.03 bits per heavy atom. The van der Waals surface area contributed by atoms with Crippen molar-refractivity contribution in [1.82, 2.24) is 4.98 Å². The Labute approximate surface area is 419 Å². The molecule has 10 rings (SSSR count). The second-order valence-corrected chi connectivity index (χ2v) is 28.5. The summed E-state index contributed by atoms with van der Waals surface area (Å²) in [6.07, 6.45) is 1.10. The highest BCUT2D eigenvalue weighted by molar-refractivity contribution is 7.33. The summed E-state index contributed by atoms with van der Waals surface area (Å²) in [7, 11) is 0. The van der Waals surface area contributed by atoms with Gasteiger partial charge in [-0.05, 0) is 137 Å². The first kappa shape index (κ1) is 47.5. The van der Waals surface area contributed by atoms with Gasteiger partial charge in [0.1, 0.15) is 5.82 Å². The van der Waals surface area contributed by atoms with Crippen molar-refractivity contribution >= 4 is 78.1 Å². The van der Waals surface area contributed by atoms with Gasteiger partial charge in [-0.15, -0.1) is 11.3 Å². The van der Waals surface area contributed by atoms with Crippen LogP contribution in [0.15, 0.2) is 103 Å². The van der Waals surface area contributed by atoms with E-state index in [1.54, 1.807) is 0 Å². The first-order valence-corrected chi connectivity index (χ1v) is 26.4. The number of anilines is 6. The third kappa shape index (κ3) is 7.80. The van der Waals surface area contributed by atoms with Gasteiger partial charge in [0, 0.05) is 42.9 Å². The van der Waals surface area contributed by atoms with Crippen LogP contribution in [0.4, 0.5) is 34.3 Å². The molecule has 2 aliphatic heterocycles. The average molecular weight is 930 g/mol. The predicted octanol–water partition coefficient (Wildman–Crippen LogP) is 16.5. The Morgan fingerprint density at radius 1 is 0.507 bits per heavy atom. The van der Waals surface area contributed by atoms with Crippen LogP contribution in [0.3, 0.4) is 0 Å². The Bertz CT molecular complexity index is 3200. The molecule has 1 aliphatic carbocycles. The van der Waals surface area contributed by atoms with Gasteiger partial charge >= 0.3 is 0 Å². The lowest BCUT2D eigenvalue weighted by Gasteiger charge is -2.44. The molecule has 0 spiro atoms. The van der Waals surface area contributed by atoms with Gasteiger partial charge in [-0.25, -0.2) is 4.98 Å². The minimum Gasteiger partial charge on any atom is -0.311 e. The van der Waals surface area contributed by atoms with Crippen LogP contribution in [0.5, 0.6) is 0 Å². The number of hydrogen-bond acceptors (Lipinski definition) is 4. The first-order valence-electron chi connectivity index (χ1n) is 25.6. The van der Waals surface area contributed by atoms with E-state index in [4.69, 9.17) is 4.98 Å². The van der Waals surface area contributed by atoms with Gasteiger partial charge in [0.2, 0.25) is 0 Å². The number of fused-ring (bicyclic) bond motifs is 7. The van der Waals surface area contributed by atoms with Gasteiger partial charge in [-0.1, -0.05) is 186 Å². The van der Waals surface area contributed by atoms with Crippen LogP contribution >= 0.6 is 11.3 Å². The molecule has 0 atom stereocenters. The van der Waals surface area contributed by atoms with E-state index in [0.29, 0.717) is 0 Å². The molecule has 0 saturated heterocycles. The Kier molecular flexibility index (Phi) is 10.5. The highest BCUT2D eigenvalue weighted by Crippen LogP contribution is 2.55. The van der Waals surface area contributed by atoms with Crippen LogP contribution in [0.2, 0.25) is 0 Å². The maximum absolute atomic E-state index is 5.95. The van der Waals surface area contributed by atoms with Crippen molar-refractivity contribution in [2.45, 2.75) is 176 Å². The van der Waals surface area contributed by atoms with Crippen molar-refractivity contribution in [2.75, 3.05) is 9.80 Å². The minimum atomic E-state index is -0.239. The van der Waals surface area contributed by atoms with Crippen molar-refractivity contribution in [3.05, 3.63) is 142 Å². The zero-order chi connectivity index (χ0) is 49.9. The van der Waals surface area contributed by atoms with Crippen molar-refractivity contribution < 1.29 is 0 Å². The van der Waals surface area contributed by atoms with Gasteiger partial charge in [0.25, 0.3) is 6.71 Å². The van der Waals surface area contributed by atoms with Crippen LogP contribution in [-0.4, -0.2) is 11.7 Å². The number of thiophene rings is 1. The number of pyridine rings is 1. The van der Waals surface area contributed by atoms with E-state index in [0.717, 1.165) is 23.6 Å². The number of hydrogen-bond donors (Lipinski definition) is 0. The molecule has 0 amide bonds. The fraction of sp³-hybridized carbons (Fsp3) is 0.422. The molecule has 5 aromatic carbocycles.